The number of aryl methyl sites for hydroxylation is 1. The quantitative estimate of drug-likeness (QED) is 0.237. The highest BCUT2D eigenvalue weighted by Gasteiger charge is 2.32. The normalized spacial score (nSPS) is 17.9. The Morgan fingerprint density at radius 2 is 2.05 bits per heavy atom. The van der Waals surface area contributed by atoms with Crippen molar-refractivity contribution >= 4 is 28.5 Å². The largest absolute Gasteiger partial charge is 0.481 e. The second kappa shape index (κ2) is 11.8. The fourth-order valence-electron chi connectivity index (χ4n) is 4.99. The molecule has 15 heteroatoms. The Morgan fingerprint density at radius 1 is 1.24 bits per heavy atom. The highest BCUT2D eigenvalue weighted by Crippen LogP contribution is 2.35. The van der Waals surface area contributed by atoms with E-state index in [4.69, 9.17) is 9.63 Å². The molecule has 0 unspecified atom stereocenters. The van der Waals surface area contributed by atoms with Gasteiger partial charge in [-0.15, -0.1) is 0 Å². The molecule has 1 saturated heterocycles. The predicted molar refractivity (Wildman–Crippen MR) is 144 cm³/mol. The van der Waals surface area contributed by atoms with Gasteiger partial charge in [-0.3, -0.25) is 9.59 Å². The van der Waals surface area contributed by atoms with E-state index in [1.54, 1.807) is 29.0 Å². The molecule has 5 rings (SSSR count). The van der Waals surface area contributed by atoms with Gasteiger partial charge in [0.25, 0.3) is 5.91 Å². The van der Waals surface area contributed by atoms with Gasteiger partial charge in [0.2, 0.25) is 11.7 Å². The Morgan fingerprint density at radius 3 is 2.79 bits per heavy atom. The van der Waals surface area contributed by atoms with Crippen LogP contribution in [0.4, 0.5) is 23.2 Å². The lowest BCUT2D eigenvalue weighted by Gasteiger charge is -2.33. The Bertz CT molecular complexity index is 1580. The van der Waals surface area contributed by atoms with Crippen molar-refractivity contribution in [2.24, 2.45) is 0 Å². The molecule has 4 heterocycles. The van der Waals surface area contributed by atoms with Gasteiger partial charge in [-0.25, -0.2) is 4.39 Å². The maximum absolute atomic E-state index is 14.7. The third-order valence-corrected chi connectivity index (χ3v) is 7.06. The summed E-state index contributed by atoms with van der Waals surface area (Å²) in [5.41, 5.74) is 1.10. The number of nitrogens with one attached hydrogen (secondary N) is 2. The maximum Gasteiger partial charge on any atom is 0.406 e. The number of aromatic nitrogens is 4. The van der Waals surface area contributed by atoms with Crippen LogP contribution in [0.3, 0.4) is 0 Å². The number of hydrogen-bond donors (Lipinski definition) is 3. The van der Waals surface area contributed by atoms with Crippen LogP contribution in [0.1, 0.15) is 29.1 Å². The molecule has 0 aliphatic carbocycles. The fourth-order valence-corrected chi connectivity index (χ4v) is 4.99. The zero-order valence-electron chi connectivity index (χ0n) is 22.6. The van der Waals surface area contributed by atoms with Crippen LogP contribution in [0.5, 0.6) is 0 Å². The van der Waals surface area contributed by atoms with Crippen molar-refractivity contribution in [1.29, 1.82) is 0 Å². The third-order valence-electron chi connectivity index (χ3n) is 7.06. The molecular weight excluding hydrogens is 562 g/mol. The number of aliphatic carboxylic acids is 1. The number of carbonyl (C=O) groups is 2. The number of likely N-dealkylation sites (tertiary alicyclic amines) is 1. The number of piperidine rings is 1. The van der Waals surface area contributed by atoms with E-state index in [2.05, 4.69) is 20.8 Å². The van der Waals surface area contributed by atoms with E-state index in [9.17, 15) is 27.2 Å². The van der Waals surface area contributed by atoms with Crippen LogP contribution >= 0.6 is 0 Å². The van der Waals surface area contributed by atoms with Gasteiger partial charge >= 0.3 is 12.1 Å². The molecule has 0 radical (unpaired) electrons. The minimum Gasteiger partial charge on any atom is -0.481 e. The van der Waals surface area contributed by atoms with Crippen molar-refractivity contribution in [2.75, 3.05) is 25.5 Å². The van der Waals surface area contributed by atoms with E-state index in [-0.39, 0.29) is 54.5 Å². The van der Waals surface area contributed by atoms with Gasteiger partial charge in [0.1, 0.15) is 12.7 Å². The number of alkyl halides is 4. The van der Waals surface area contributed by atoms with Crippen molar-refractivity contribution in [3.8, 4) is 11.5 Å². The Kier molecular flexibility index (Phi) is 8.20. The molecule has 11 nitrogen and oxygen atoms in total. The molecule has 1 aliphatic rings. The van der Waals surface area contributed by atoms with Gasteiger partial charge in [0, 0.05) is 43.1 Å². The molecule has 1 aromatic carbocycles. The molecule has 4 aromatic rings. The minimum atomic E-state index is -4.55. The third kappa shape index (κ3) is 6.73. The van der Waals surface area contributed by atoms with Crippen LogP contribution in [0.2, 0.25) is 0 Å². The summed E-state index contributed by atoms with van der Waals surface area (Å²) in [6.45, 7) is -0.355. The number of benzene rings is 1. The number of carboxylic acids is 1. The summed E-state index contributed by atoms with van der Waals surface area (Å²) in [5, 5.41) is 18.9. The van der Waals surface area contributed by atoms with Gasteiger partial charge < -0.3 is 34.3 Å². The molecule has 1 amide bonds. The van der Waals surface area contributed by atoms with Crippen LogP contribution in [0, 0.1) is 0 Å². The van der Waals surface area contributed by atoms with Gasteiger partial charge in [-0.2, -0.15) is 18.2 Å². The molecule has 1 fully saturated rings. The lowest BCUT2D eigenvalue weighted by molar-refractivity contribution is -0.140. The lowest BCUT2D eigenvalue weighted by Crippen LogP contribution is -2.46. The Hall–Kier alpha value is -4.40. The first kappa shape index (κ1) is 29.1. The molecule has 224 valence electrons. The van der Waals surface area contributed by atoms with E-state index < -0.39 is 36.8 Å². The van der Waals surface area contributed by atoms with E-state index in [0.717, 1.165) is 4.57 Å². The number of nitrogens with zero attached hydrogens (tertiary/aromatic N) is 5. The topological polar surface area (TPSA) is 130 Å². The van der Waals surface area contributed by atoms with Gasteiger partial charge in [0.05, 0.1) is 35.8 Å². The van der Waals surface area contributed by atoms with Crippen LogP contribution < -0.4 is 10.6 Å². The Labute approximate surface area is 237 Å². The van der Waals surface area contributed by atoms with Gasteiger partial charge in [0.15, 0.2) is 0 Å². The molecule has 0 saturated carbocycles. The first-order chi connectivity index (χ1) is 20.0. The average Bonchev–Trinajstić information content (AvgIpc) is 3.66. The first-order valence-electron chi connectivity index (χ1n) is 13.2. The average molecular weight is 592 g/mol. The molecule has 0 spiro atoms. The van der Waals surface area contributed by atoms with Gasteiger partial charge in [-0.05, 0) is 37.7 Å². The summed E-state index contributed by atoms with van der Waals surface area (Å²) in [6.07, 6.45) is -2.19. The molecule has 3 N–H and O–H groups in total. The second-order valence-corrected chi connectivity index (χ2v) is 10.3. The summed E-state index contributed by atoms with van der Waals surface area (Å²) >= 11 is 0. The Balaban J connectivity index is 1.36. The fraction of sp³-hybridized carbons (Fsp3) is 0.407. The first-order valence-corrected chi connectivity index (χ1v) is 13.2. The summed E-state index contributed by atoms with van der Waals surface area (Å²) in [7, 11) is 1.83. The van der Waals surface area contributed by atoms with Crippen molar-refractivity contribution in [1.82, 2.24) is 29.5 Å². The van der Waals surface area contributed by atoms with E-state index in [1.807, 2.05) is 11.9 Å². The van der Waals surface area contributed by atoms with Crippen molar-refractivity contribution in [3.05, 3.63) is 54.2 Å². The minimum absolute atomic E-state index is 0.0302. The van der Waals surface area contributed by atoms with E-state index in [1.165, 1.54) is 18.3 Å². The number of rotatable bonds is 10. The molecule has 1 aliphatic heterocycles. The number of amides is 1. The summed E-state index contributed by atoms with van der Waals surface area (Å²) in [4.78, 5) is 29.4. The summed E-state index contributed by atoms with van der Waals surface area (Å²) < 4.78 is 63.5. The number of anilines is 1. The van der Waals surface area contributed by atoms with Crippen molar-refractivity contribution in [3.63, 3.8) is 0 Å². The summed E-state index contributed by atoms with van der Waals surface area (Å²) in [6, 6.07) is 7.39. The number of fused-ring (bicyclic) bond motifs is 1. The second-order valence-electron chi connectivity index (χ2n) is 10.3. The highest BCUT2D eigenvalue weighted by molar-refractivity contribution is 5.96. The SMILES string of the molecule is CN1CC[C@@H](Nc2cccc3c2cc(-c2noc(CNC(=O)c4ccn(CCC(=O)O)c4)n2)n3CC(F)(F)F)[C@@H](F)C1. The van der Waals surface area contributed by atoms with Gasteiger partial charge in [-0.1, -0.05) is 11.2 Å². The molecule has 2 atom stereocenters. The zero-order valence-corrected chi connectivity index (χ0v) is 22.6. The van der Waals surface area contributed by atoms with Crippen LogP contribution in [-0.2, 0) is 24.4 Å². The van der Waals surface area contributed by atoms with Crippen LogP contribution in [0.15, 0.2) is 47.2 Å². The highest BCUT2D eigenvalue weighted by atomic mass is 19.4. The van der Waals surface area contributed by atoms with E-state index in [0.29, 0.717) is 24.0 Å². The molecule has 42 heavy (non-hydrogen) atoms. The number of hydrogen-bond acceptors (Lipinski definition) is 7. The predicted octanol–water partition coefficient (Wildman–Crippen LogP) is 3.91. The van der Waals surface area contributed by atoms with Crippen molar-refractivity contribution in [2.45, 2.75) is 50.9 Å². The van der Waals surface area contributed by atoms with Crippen LogP contribution in [-0.4, -0.2) is 79.7 Å². The van der Waals surface area contributed by atoms with Crippen molar-refractivity contribution < 1.29 is 36.8 Å². The standard InChI is InChI=1S/C27H29F4N7O4/c1-36-8-6-20(18(28)14-36)33-19-3-2-4-21-17(19)11-22(38(21)15-27(29,30)31)25-34-23(42-35-25)12-32-26(41)16-5-9-37(13-16)10-7-24(39)40/h2-5,9,11,13,18,20,33H,6-8,10,12,14-15H2,1H3,(H,32,41)(H,39,40)/t18-,20+/m0/s1. The van der Waals surface area contributed by atoms with Crippen LogP contribution in [0.25, 0.3) is 22.4 Å². The molecule has 3 aromatic heterocycles. The van der Waals surface area contributed by atoms with E-state index >= 15 is 0 Å². The zero-order chi connectivity index (χ0) is 30.0. The smallest absolute Gasteiger partial charge is 0.406 e. The lowest BCUT2D eigenvalue weighted by atomic mass is 10.0. The number of carboxylic acid groups (broad SMARTS) is 1. The summed E-state index contributed by atoms with van der Waals surface area (Å²) in [5.74, 6) is -1.58. The molecular formula is C27H29F4N7O4. The number of carbonyl (C=O) groups excluding carboxylic acids is 1. The number of halogens is 4. The monoisotopic (exact) mass is 591 g/mol. The maximum atomic E-state index is 14.7. The molecule has 0 bridgehead atoms.